The topological polar surface area (TPSA) is 173 Å². The van der Waals surface area contributed by atoms with Crippen LogP contribution in [-0.4, -0.2) is 55.3 Å². The number of methoxy groups -OCH3 is 1. The van der Waals surface area contributed by atoms with Crippen LogP contribution >= 0.6 is 0 Å². The Morgan fingerprint density at radius 3 is 2.27 bits per heavy atom. The number of amides is 4. The van der Waals surface area contributed by atoms with Gasteiger partial charge in [-0.2, -0.15) is 0 Å². The van der Waals surface area contributed by atoms with Crippen molar-refractivity contribution < 1.29 is 33.1 Å². The summed E-state index contributed by atoms with van der Waals surface area (Å²) in [5.41, 5.74) is 1.72. The maximum atomic E-state index is 13.5. The van der Waals surface area contributed by atoms with E-state index in [1.165, 1.54) is 13.2 Å². The maximum Gasteiger partial charge on any atom is 0.336 e. The van der Waals surface area contributed by atoms with Crippen LogP contribution in [0.5, 0.6) is 0 Å². The highest BCUT2D eigenvalue weighted by Crippen LogP contribution is 2.21. The summed E-state index contributed by atoms with van der Waals surface area (Å²) in [4.78, 5) is 74.7. The number of anilines is 1. The molecule has 1 aromatic heterocycles. The second kappa shape index (κ2) is 16.0. The summed E-state index contributed by atoms with van der Waals surface area (Å²) in [5.74, 6) is -2.73. The first-order valence-electron chi connectivity index (χ1n) is 14.3. The lowest BCUT2D eigenvalue weighted by molar-refractivity contribution is -0.142. The Morgan fingerprint density at radius 1 is 0.864 bits per heavy atom. The minimum Gasteiger partial charge on any atom is -0.469 e. The van der Waals surface area contributed by atoms with Gasteiger partial charge < -0.3 is 30.4 Å². The molecule has 2 atom stereocenters. The molecule has 3 aromatic rings. The molecule has 2 aromatic carbocycles. The number of fused-ring (bicyclic) bond motifs is 1. The molecule has 0 bridgehead atoms. The molecule has 0 spiro atoms. The summed E-state index contributed by atoms with van der Waals surface area (Å²) in [5, 5.41) is 11.3. The van der Waals surface area contributed by atoms with Gasteiger partial charge in [0.2, 0.25) is 23.6 Å². The smallest absolute Gasteiger partial charge is 0.336 e. The highest BCUT2D eigenvalue weighted by atomic mass is 16.5. The number of ether oxygens (including phenoxy) is 1. The Balaban J connectivity index is 1.73. The lowest BCUT2D eigenvalue weighted by Crippen LogP contribution is -2.54. The third-order valence-electron chi connectivity index (χ3n) is 6.72. The summed E-state index contributed by atoms with van der Waals surface area (Å²) in [6, 6.07) is 13.5. The monoisotopic (exact) mass is 606 g/mol. The number of aryl methyl sites for hydroxylation is 1. The van der Waals surface area contributed by atoms with Crippen LogP contribution in [0.4, 0.5) is 5.69 Å². The molecule has 0 aliphatic rings. The fourth-order valence-electron chi connectivity index (χ4n) is 4.50. The molecule has 0 saturated carbocycles. The first-order valence-corrected chi connectivity index (χ1v) is 14.3. The molecule has 0 unspecified atom stereocenters. The Labute approximate surface area is 254 Å². The van der Waals surface area contributed by atoms with Crippen molar-refractivity contribution in [2.24, 2.45) is 5.92 Å². The summed E-state index contributed by atoms with van der Waals surface area (Å²) < 4.78 is 9.79. The van der Waals surface area contributed by atoms with E-state index in [1.807, 2.05) is 44.2 Å². The van der Waals surface area contributed by atoms with Gasteiger partial charge in [0.25, 0.3) is 0 Å². The van der Waals surface area contributed by atoms with Gasteiger partial charge in [0, 0.05) is 36.0 Å². The molecular weight excluding hydrogens is 568 g/mol. The predicted octanol–water partition coefficient (Wildman–Crippen LogP) is 2.37. The number of hydrogen-bond donors (Lipinski definition) is 4. The number of hydrogen-bond acceptors (Lipinski definition) is 8. The summed E-state index contributed by atoms with van der Waals surface area (Å²) in [6.45, 7) is 5.16. The van der Waals surface area contributed by atoms with Crippen LogP contribution in [0.3, 0.4) is 0 Å². The van der Waals surface area contributed by atoms with E-state index < -0.39 is 53.9 Å². The van der Waals surface area contributed by atoms with E-state index in [4.69, 9.17) is 4.42 Å². The van der Waals surface area contributed by atoms with Gasteiger partial charge in [0.05, 0.1) is 20.1 Å². The van der Waals surface area contributed by atoms with Gasteiger partial charge in [0.1, 0.15) is 17.7 Å². The quantitative estimate of drug-likeness (QED) is 0.160. The zero-order valence-electron chi connectivity index (χ0n) is 25.2. The van der Waals surface area contributed by atoms with Gasteiger partial charge in [-0.1, -0.05) is 44.2 Å². The van der Waals surface area contributed by atoms with Gasteiger partial charge in [-0.15, -0.1) is 0 Å². The van der Waals surface area contributed by atoms with Crippen molar-refractivity contribution in [2.75, 3.05) is 19.0 Å². The number of carbonyl (C=O) groups excluding carboxylic acids is 5. The average Bonchev–Trinajstić information content (AvgIpc) is 2.98. The average molecular weight is 607 g/mol. The minimum absolute atomic E-state index is 0.0119. The first-order chi connectivity index (χ1) is 20.9. The molecule has 0 aliphatic carbocycles. The molecule has 0 radical (unpaired) electrons. The molecule has 4 N–H and O–H groups in total. The van der Waals surface area contributed by atoms with E-state index in [9.17, 15) is 28.8 Å². The zero-order valence-corrected chi connectivity index (χ0v) is 25.2. The van der Waals surface area contributed by atoms with Gasteiger partial charge in [-0.05, 0) is 42.5 Å². The largest absolute Gasteiger partial charge is 0.469 e. The van der Waals surface area contributed by atoms with E-state index in [1.54, 1.807) is 25.1 Å². The SMILES string of the molecule is COC(=O)CCC(=O)NCC(=O)N[C@@H](CC(C)C)C(=O)N[C@@H](Cc1ccccc1)C(=O)Nc1ccc2c(C)cc(=O)oc2c1. The normalized spacial score (nSPS) is 12.2. The van der Waals surface area contributed by atoms with Crippen molar-refractivity contribution in [2.45, 2.75) is 58.5 Å². The van der Waals surface area contributed by atoms with Gasteiger partial charge in [-0.3, -0.25) is 24.0 Å². The van der Waals surface area contributed by atoms with Crippen molar-refractivity contribution in [3.8, 4) is 0 Å². The second-order valence-corrected chi connectivity index (χ2v) is 10.8. The van der Waals surface area contributed by atoms with Crippen molar-refractivity contribution in [1.29, 1.82) is 0 Å². The molecule has 4 amide bonds. The Bertz CT molecular complexity index is 1550. The fraction of sp³-hybridized carbons (Fsp3) is 0.375. The molecule has 0 saturated heterocycles. The Morgan fingerprint density at radius 2 is 1.59 bits per heavy atom. The van der Waals surface area contributed by atoms with Gasteiger partial charge in [-0.25, -0.2) is 4.79 Å². The van der Waals surface area contributed by atoms with E-state index in [0.29, 0.717) is 11.3 Å². The van der Waals surface area contributed by atoms with Crippen molar-refractivity contribution in [3.63, 3.8) is 0 Å². The molecular formula is C32H38N4O8. The molecule has 44 heavy (non-hydrogen) atoms. The number of carbonyl (C=O) groups is 5. The van der Waals surface area contributed by atoms with Crippen LogP contribution in [0, 0.1) is 12.8 Å². The van der Waals surface area contributed by atoms with Crippen molar-refractivity contribution >= 4 is 46.3 Å². The number of esters is 1. The van der Waals surface area contributed by atoms with E-state index in [-0.39, 0.29) is 31.6 Å². The fourth-order valence-corrected chi connectivity index (χ4v) is 4.50. The Hall–Kier alpha value is -5.00. The molecule has 1 heterocycles. The highest BCUT2D eigenvalue weighted by Gasteiger charge is 2.28. The van der Waals surface area contributed by atoms with Crippen LogP contribution in [0.2, 0.25) is 0 Å². The van der Waals surface area contributed by atoms with Crippen LogP contribution in [0.25, 0.3) is 11.0 Å². The number of rotatable bonds is 14. The van der Waals surface area contributed by atoms with Crippen LogP contribution in [-0.2, 0) is 35.1 Å². The van der Waals surface area contributed by atoms with Gasteiger partial charge >= 0.3 is 11.6 Å². The van der Waals surface area contributed by atoms with Crippen LogP contribution < -0.4 is 26.9 Å². The first kappa shape index (κ1) is 33.5. The van der Waals surface area contributed by atoms with E-state index in [2.05, 4.69) is 26.0 Å². The van der Waals surface area contributed by atoms with Crippen molar-refractivity contribution in [1.82, 2.24) is 16.0 Å². The molecule has 0 aliphatic heterocycles. The third kappa shape index (κ3) is 10.4. The molecule has 234 valence electrons. The maximum absolute atomic E-state index is 13.5. The van der Waals surface area contributed by atoms with Gasteiger partial charge in [0.15, 0.2) is 0 Å². The second-order valence-electron chi connectivity index (χ2n) is 10.8. The van der Waals surface area contributed by atoms with Crippen LogP contribution in [0.1, 0.15) is 44.2 Å². The number of nitrogens with one attached hydrogen (secondary N) is 4. The Kier molecular flexibility index (Phi) is 12.2. The van der Waals surface area contributed by atoms with Crippen LogP contribution in [0.15, 0.2) is 63.8 Å². The highest BCUT2D eigenvalue weighted by molar-refractivity contribution is 6.00. The van der Waals surface area contributed by atoms with Crippen molar-refractivity contribution in [3.05, 3.63) is 76.1 Å². The molecule has 12 nitrogen and oxygen atoms in total. The number of benzene rings is 2. The summed E-state index contributed by atoms with van der Waals surface area (Å²) in [6.07, 6.45) is 0.172. The minimum atomic E-state index is -1.02. The lowest BCUT2D eigenvalue weighted by atomic mass is 10.0. The third-order valence-corrected chi connectivity index (χ3v) is 6.72. The summed E-state index contributed by atoms with van der Waals surface area (Å²) in [7, 11) is 1.21. The van der Waals surface area contributed by atoms with E-state index in [0.717, 1.165) is 16.5 Å². The summed E-state index contributed by atoms with van der Waals surface area (Å²) >= 11 is 0. The molecule has 0 fully saturated rings. The molecule has 3 rings (SSSR count). The lowest BCUT2D eigenvalue weighted by Gasteiger charge is -2.24. The van der Waals surface area contributed by atoms with E-state index >= 15 is 0 Å². The predicted molar refractivity (Wildman–Crippen MR) is 164 cm³/mol. The zero-order chi connectivity index (χ0) is 32.2. The molecule has 12 heteroatoms. The standard InChI is InChI=1S/C32H38N4O8/c1-19(2)14-24(35-28(38)18-33-27(37)12-13-29(39)43-4)32(42)36-25(16-21-8-6-5-7-9-21)31(41)34-22-10-11-23-20(3)15-30(40)44-26(23)17-22/h5-11,15,17,19,24-25H,12-14,16,18H2,1-4H3,(H,33,37)(H,34,41)(H,35,38)(H,36,42)/t24-,25-/m0/s1.